The molecule has 5 nitrogen and oxygen atoms in total. The first kappa shape index (κ1) is 15.3. The topological polar surface area (TPSA) is 92.6 Å². The van der Waals surface area contributed by atoms with Gasteiger partial charge >= 0.3 is 0 Å². The molecule has 106 valence electrons. The van der Waals surface area contributed by atoms with Crippen molar-refractivity contribution in [3.8, 4) is 0 Å². The number of nitrogens with two attached hydrogens (primary N) is 2. The molecule has 5 N–H and O–H groups in total. The van der Waals surface area contributed by atoms with Crippen LogP contribution in [0.3, 0.4) is 0 Å². The van der Waals surface area contributed by atoms with Gasteiger partial charge in [0.15, 0.2) is 0 Å². The molecule has 0 fully saturated rings. The Hall–Kier alpha value is -1.75. The van der Waals surface area contributed by atoms with E-state index < -0.39 is 5.91 Å². The second-order valence-corrected chi connectivity index (χ2v) is 4.53. The molecule has 1 rings (SSSR count). The largest absolute Gasteiger partial charge is 0.399 e. The number of aliphatic hydroxyl groups is 1. The third-order valence-electron chi connectivity index (χ3n) is 3.32. The Kier molecular flexibility index (Phi) is 5.63. The van der Waals surface area contributed by atoms with Gasteiger partial charge in [0.2, 0.25) is 0 Å². The lowest BCUT2D eigenvalue weighted by Crippen LogP contribution is -2.38. The Morgan fingerprint density at radius 1 is 1.37 bits per heavy atom. The quantitative estimate of drug-likeness (QED) is 0.649. The van der Waals surface area contributed by atoms with E-state index in [4.69, 9.17) is 11.5 Å². The summed E-state index contributed by atoms with van der Waals surface area (Å²) in [5.74, 6) is -0.504. The molecule has 0 saturated heterocycles. The van der Waals surface area contributed by atoms with E-state index in [1.54, 1.807) is 18.2 Å². The van der Waals surface area contributed by atoms with Crippen molar-refractivity contribution in [2.45, 2.75) is 32.7 Å². The number of hydrogen-bond acceptors (Lipinski definition) is 4. The highest BCUT2D eigenvalue weighted by molar-refractivity contribution is 5.99. The Labute approximate surface area is 114 Å². The van der Waals surface area contributed by atoms with Gasteiger partial charge in [-0.05, 0) is 31.0 Å². The molecule has 0 bridgehead atoms. The maximum atomic E-state index is 11.6. The minimum absolute atomic E-state index is 0.0269. The molecule has 0 aliphatic carbocycles. The average Bonchev–Trinajstić information content (AvgIpc) is 2.39. The van der Waals surface area contributed by atoms with Crippen molar-refractivity contribution in [1.82, 2.24) is 0 Å². The van der Waals surface area contributed by atoms with Gasteiger partial charge in [-0.3, -0.25) is 4.79 Å². The summed E-state index contributed by atoms with van der Waals surface area (Å²) < 4.78 is 0. The zero-order valence-corrected chi connectivity index (χ0v) is 11.6. The molecule has 0 unspecified atom stereocenters. The number of benzene rings is 1. The molecule has 0 atom stereocenters. The van der Waals surface area contributed by atoms with Crippen LogP contribution in [0.15, 0.2) is 18.2 Å². The number of amides is 1. The molecular weight excluding hydrogens is 242 g/mol. The molecule has 1 aromatic rings. The normalized spacial score (nSPS) is 10.7. The molecule has 19 heavy (non-hydrogen) atoms. The maximum absolute atomic E-state index is 11.6. The van der Waals surface area contributed by atoms with Gasteiger partial charge in [0.05, 0.1) is 12.2 Å². The second kappa shape index (κ2) is 6.99. The van der Waals surface area contributed by atoms with E-state index in [1.165, 1.54) is 0 Å². The summed E-state index contributed by atoms with van der Waals surface area (Å²) in [6, 6.07) is 5.39. The Balaban J connectivity index is 3.25. The minimum atomic E-state index is -0.504. The summed E-state index contributed by atoms with van der Waals surface area (Å²) >= 11 is 0. The summed E-state index contributed by atoms with van der Waals surface area (Å²) in [5, 5.41) is 9.24. The molecule has 0 aliphatic rings. The van der Waals surface area contributed by atoms with Crippen LogP contribution < -0.4 is 16.4 Å². The van der Waals surface area contributed by atoms with Crippen LogP contribution in [0.2, 0.25) is 0 Å². The first-order valence-corrected chi connectivity index (χ1v) is 6.61. The fourth-order valence-electron chi connectivity index (χ4n) is 2.34. The summed E-state index contributed by atoms with van der Waals surface area (Å²) in [5.41, 5.74) is 12.8. The number of carbonyl (C=O) groups is 1. The predicted octanol–water partition coefficient (Wildman–Crippen LogP) is 1.36. The third kappa shape index (κ3) is 3.61. The molecule has 0 aromatic heterocycles. The Morgan fingerprint density at radius 3 is 2.47 bits per heavy atom. The summed E-state index contributed by atoms with van der Waals surface area (Å²) in [6.07, 6.45) is 1.86. The number of anilines is 2. The zero-order valence-electron chi connectivity index (χ0n) is 11.6. The number of primary amides is 1. The summed E-state index contributed by atoms with van der Waals surface area (Å²) in [6.45, 7) is 4.66. The fourth-order valence-corrected chi connectivity index (χ4v) is 2.34. The first-order valence-electron chi connectivity index (χ1n) is 6.61. The Morgan fingerprint density at radius 2 is 2.00 bits per heavy atom. The lowest BCUT2D eigenvalue weighted by molar-refractivity contribution is 0.100. The molecular formula is C14H23N3O2. The van der Waals surface area contributed by atoms with Gasteiger partial charge in [0.1, 0.15) is 0 Å². The van der Waals surface area contributed by atoms with Crippen molar-refractivity contribution in [2.24, 2.45) is 5.73 Å². The first-order chi connectivity index (χ1) is 9.04. The highest BCUT2D eigenvalue weighted by atomic mass is 16.3. The van der Waals surface area contributed by atoms with Crippen LogP contribution in [0.5, 0.6) is 0 Å². The van der Waals surface area contributed by atoms with Crippen LogP contribution in [0, 0.1) is 0 Å². The second-order valence-electron chi connectivity index (χ2n) is 4.53. The van der Waals surface area contributed by atoms with E-state index in [2.05, 4.69) is 13.8 Å². The monoisotopic (exact) mass is 265 g/mol. The minimum Gasteiger partial charge on any atom is -0.399 e. The average molecular weight is 265 g/mol. The summed E-state index contributed by atoms with van der Waals surface area (Å²) in [4.78, 5) is 13.6. The van der Waals surface area contributed by atoms with Gasteiger partial charge in [-0.25, -0.2) is 0 Å². The fraction of sp³-hybridized carbons (Fsp3) is 0.500. The zero-order chi connectivity index (χ0) is 14.4. The molecule has 1 amide bonds. The lowest BCUT2D eigenvalue weighted by Gasteiger charge is -2.33. The van der Waals surface area contributed by atoms with Gasteiger partial charge in [-0.2, -0.15) is 0 Å². The van der Waals surface area contributed by atoms with E-state index in [-0.39, 0.29) is 12.6 Å². The van der Waals surface area contributed by atoms with Crippen molar-refractivity contribution in [2.75, 3.05) is 23.8 Å². The number of hydrogen-bond donors (Lipinski definition) is 3. The number of carbonyl (C=O) groups excluding carboxylic acids is 1. The molecule has 0 spiro atoms. The number of rotatable bonds is 7. The van der Waals surface area contributed by atoms with Crippen LogP contribution in [-0.4, -0.2) is 30.2 Å². The number of nitrogens with zero attached hydrogens (tertiary/aromatic N) is 1. The van der Waals surface area contributed by atoms with Crippen LogP contribution in [0.25, 0.3) is 0 Å². The highest BCUT2D eigenvalue weighted by Gasteiger charge is 2.20. The maximum Gasteiger partial charge on any atom is 0.250 e. The molecule has 5 heteroatoms. The number of nitrogen functional groups attached to an aromatic ring is 1. The standard InChI is InChI=1S/C14H23N3O2/c1-3-11(4-2)17(7-8-18)13-6-5-10(15)9-12(13)14(16)19/h5-6,9,11,18H,3-4,7-8,15H2,1-2H3,(H2,16,19). The third-order valence-corrected chi connectivity index (χ3v) is 3.32. The molecule has 0 saturated carbocycles. The van der Waals surface area contributed by atoms with Gasteiger partial charge < -0.3 is 21.5 Å². The van der Waals surface area contributed by atoms with Gasteiger partial charge in [0.25, 0.3) is 5.91 Å². The van der Waals surface area contributed by atoms with Crippen LogP contribution in [0.1, 0.15) is 37.0 Å². The van der Waals surface area contributed by atoms with Crippen LogP contribution >= 0.6 is 0 Å². The van der Waals surface area contributed by atoms with Crippen molar-refractivity contribution < 1.29 is 9.90 Å². The van der Waals surface area contributed by atoms with Crippen molar-refractivity contribution in [3.05, 3.63) is 23.8 Å². The van der Waals surface area contributed by atoms with Crippen molar-refractivity contribution in [1.29, 1.82) is 0 Å². The van der Waals surface area contributed by atoms with E-state index >= 15 is 0 Å². The SMILES string of the molecule is CCC(CC)N(CCO)c1ccc(N)cc1C(N)=O. The summed E-state index contributed by atoms with van der Waals surface area (Å²) in [7, 11) is 0. The molecule has 0 radical (unpaired) electrons. The predicted molar refractivity (Wildman–Crippen MR) is 78.2 cm³/mol. The Bertz CT molecular complexity index is 431. The molecule has 1 aromatic carbocycles. The van der Waals surface area contributed by atoms with E-state index in [1.807, 2.05) is 4.90 Å². The van der Waals surface area contributed by atoms with Gasteiger partial charge in [-0.1, -0.05) is 13.8 Å². The molecule has 0 heterocycles. The van der Waals surface area contributed by atoms with Crippen LogP contribution in [-0.2, 0) is 0 Å². The molecule has 0 aliphatic heterocycles. The smallest absolute Gasteiger partial charge is 0.250 e. The van der Waals surface area contributed by atoms with E-state index in [0.717, 1.165) is 18.5 Å². The van der Waals surface area contributed by atoms with E-state index in [9.17, 15) is 9.90 Å². The lowest BCUT2D eigenvalue weighted by atomic mass is 10.1. The van der Waals surface area contributed by atoms with Crippen molar-refractivity contribution >= 4 is 17.3 Å². The van der Waals surface area contributed by atoms with Crippen LogP contribution in [0.4, 0.5) is 11.4 Å². The number of aliphatic hydroxyl groups excluding tert-OH is 1. The highest BCUT2D eigenvalue weighted by Crippen LogP contribution is 2.26. The van der Waals surface area contributed by atoms with E-state index in [0.29, 0.717) is 17.8 Å². The van der Waals surface area contributed by atoms with Crippen molar-refractivity contribution in [3.63, 3.8) is 0 Å². The van der Waals surface area contributed by atoms with Gasteiger partial charge in [0, 0.05) is 24.0 Å². The van der Waals surface area contributed by atoms with Gasteiger partial charge in [-0.15, -0.1) is 0 Å².